The minimum Gasteiger partial charge on any atom is -0.300 e. The van der Waals surface area contributed by atoms with Crippen LogP contribution in [0.5, 0.6) is 0 Å². The minimum atomic E-state index is -0.0683. The predicted octanol–water partition coefficient (Wildman–Crippen LogP) is 7.15. The molecule has 0 aromatic heterocycles. The fourth-order valence-corrected chi connectivity index (χ4v) is 5.16. The van der Waals surface area contributed by atoms with Crippen LogP contribution in [0.25, 0.3) is 0 Å². The Morgan fingerprint density at radius 1 is 1.03 bits per heavy atom. The van der Waals surface area contributed by atoms with Crippen molar-refractivity contribution in [2.45, 2.75) is 107 Å². The van der Waals surface area contributed by atoms with Gasteiger partial charge >= 0.3 is 0 Å². The second-order valence-electron chi connectivity index (χ2n) is 9.54. The molecule has 3 nitrogen and oxygen atoms in total. The standard InChI is InChI=1S/C25H36O3.C3H8/c1-7-9-20(21(8-2)23(27)11-17(5)26)12-19-13-22-16(4)10-15(3)18(6)25(22)24(28)14-19;1-3-2/h10,19-21H,7-9,11-14H2,1-6H3;3H2,1-2H3. The molecule has 3 heteroatoms. The molecule has 3 atom stereocenters. The van der Waals surface area contributed by atoms with Gasteiger partial charge in [0.05, 0.1) is 6.42 Å². The number of rotatable bonds is 9. The van der Waals surface area contributed by atoms with Crippen molar-refractivity contribution in [1.82, 2.24) is 0 Å². The van der Waals surface area contributed by atoms with E-state index in [9.17, 15) is 14.4 Å². The van der Waals surface area contributed by atoms with Crippen LogP contribution in [0.4, 0.5) is 0 Å². The van der Waals surface area contributed by atoms with Crippen LogP contribution in [-0.4, -0.2) is 17.3 Å². The summed E-state index contributed by atoms with van der Waals surface area (Å²) in [6.45, 7) is 16.2. The Morgan fingerprint density at radius 3 is 2.16 bits per heavy atom. The molecule has 0 bridgehead atoms. The highest BCUT2D eigenvalue weighted by molar-refractivity contribution is 6.01. The molecule has 1 aromatic carbocycles. The second-order valence-corrected chi connectivity index (χ2v) is 9.54. The van der Waals surface area contributed by atoms with Gasteiger partial charge in [-0.05, 0) is 81.0 Å². The molecule has 0 aliphatic heterocycles. The molecule has 1 aliphatic rings. The highest BCUT2D eigenvalue weighted by atomic mass is 16.1. The van der Waals surface area contributed by atoms with Crippen LogP contribution in [0.3, 0.4) is 0 Å². The summed E-state index contributed by atoms with van der Waals surface area (Å²) in [5.74, 6) is 0.764. The lowest BCUT2D eigenvalue weighted by atomic mass is 9.71. The molecule has 0 fully saturated rings. The molecule has 31 heavy (non-hydrogen) atoms. The van der Waals surface area contributed by atoms with Crippen LogP contribution in [0, 0.1) is 38.5 Å². The highest BCUT2D eigenvalue weighted by Crippen LogP contribution is 2.38. The van der Waals surface area contributed by atoms with Crippen molar-refractivity contribution < 1.29 is 14.4 Å². The molecule has 0 radical (unpaired) electrons. The number of ketones is 3. The molecule has 0 saturated carbocycles. The summed E-state index contributed by atoms with van der Waals surface area (Å²) in [6.07, 6.45) is 6.45. The summed E-state index contributed by atoms with van der Waals surface area (Å²) < 4.78 is 0. The zero-order valence-electron chi connectivity index (χ0n) is 21.2. The molecule has 0 spiro atoms. The van der Waals surface area contributed by atoms with E-state index >= 15 is 0 Å². The molecular weight excluding hydrogens is 384 g/mol. The van der Waals surface area contributed by atoms with E-state index in [4.69, 9.17) is 0 Å². The lowest BCUT2D eigenvalue weighted by Gasteiger charge is -2.32. The van der Waals surface area contributed by atoms with E-state index in [1.165, 1.54) is 30.0 Å². The largest absolute Gasteiger partial charge is 0.300 e. The number of aryl methyl sites for hydroxylation is 2. The molecule has 3 unspecified atom stereocenters. The maximum absolute atomic E-state index is 13.0. The SMILES string of the molecule is CCC.CCCC(CC1CC(=O)c2c(C)c(C)cc(C)c2C1)C(CC)C(=O)CC(C)=O. The minimum absolute atomic E-state index is 0.0444. The van der Waals surface area contributed by atoms with Gasteiger partial charge < -0.3 is 0 Å². The number of hydrogen-bond acceptors (Lipinski definition) is 3. The van der Waals surface area contributed by atoms with Gasteiger partial charge in [0.15, 0.2) is 5.78 Å². The molecule has 0 amide bonds. The molecule has 0 saturated heterocycles. The van der Waals surface area contributed by atoms with Gasteiger partial charge in [0.25, 0.3) is 0 Å². The van der Waals surface area contributed by atoms with E-state index < -0.39 is 0 Å². The van der Waals surface area contributed by atoms with Crippen molar-refractivity contribution in [1.29, 1.82) is 0 Å². The number of benzene rings is 1. The van der Waals surface area contributed by atoms with Crippen molar-refractivity contribution in [2.24, 2.45) is 17.8 Å². The van der Waals surface area contributed by atoms with E-state index in [0.29, 0.717) is 6.42 Å². The predicted molar refractivity (Wildman–Crippen MR) is 130 cm³/mol. The summed E-state index contributed by atoms with van der Waals surface area (Å²) in [6, 6.07) is 2.19. The van der Waals surface area contributed by atoms with Gasteiger partial charge in [0.2, 0.25) is 0 Å². The monoisotopic (exact) mass is 428 g/mol. The Labute approximate surface area is 190 Å². The second kappa shape index (κ2) is 12.9. The molecule has 1 aromatic rings. The van der Waals surface area contributed by atoms with Crippen LogP contribution < -0.4 is 0 Å². The van der Waals surface area contributed by atoms with Crippen LogP contribution in [0.2, 0.25) is 0 Å². The third-order valence-corrected chi connectivity index (χ3v) is 6.56. The zero-order valence-corrected chi connectivity index (χ0v) is 21.2. The van der Waals surface area contributed by atoms with Gasteiger partial charge in [-0.25, -0.2) is 0 Å². The van der Waals surface area contributed by atoms with Gasteiger partial charge in [0, 0.05) is 17.9 Å². The fourth-order valence-electron chi connectivity index (χ4n) is 5.16. The fraction of sp³-hybridized carbons (Fsp3) is 0.679. The number of Topliss-reactive ketones (excluding diaryl/α,β-unsaturated/α-hetero) is 3. The van der Waals surface area contributed by atoms with Gasteiger partial charge in [-0.2, -0.15) is 0 Å². The average Bonchev–Trinajstić information content (AvgIpc) is 2.66. The van der Waals surface area contributed by atoms with Crippen molar-refractivity contribution in [3.63, 3.8) is 0 Å². The topological polar surface area (TPSA) is 51.2 Å². The van der Waals surface area contributed by atoms with Crippen molar-refractivity contribution in [2.75, 3.05) is 0 Å². The third-order valence-electron chi connectivity index (χ3n) is 6.56. The van der Waals surface area contributed by atoms with Crippen molar-refractivity contribution >= 4 is 17.3 Å². The first kappa shape index (κ1) is 27.3. The quantitative estimate of drug-likeness (QED) is 0.392. The van der Waals surface area contributed by atoms with E-state index in [0.717, 1.165) is 43.2 Å². The molecular formula is C28H44O3. The summed E-state index contributed by atoms with van der Waals surface area (Å²) >= 11 is 0. The van der Waals surface area contributed by atoms with Gasteiger partial charge in [-0.3, -0.25) is 14.4 Å². The summed E-state index contributed by atoms with van der Waals surface area (Å²) in [4.78, 5) is 37.1. The van der Waals surface area contributed by atoms with Crippen molar-refractivity contribution in [3.05, 3.63) is 33.9 Å². The lowest BCUT2D eigenvalue weighted by Crippen LogP contribution is -2.30. The smallest absolute Gasteiger partial charge is 0.163 e. The summed E-state index contributed by atoms with van der Waals surface area (Å²) in [5, 5.41) is 0. The van der Waals surface area contributed by atoms with E-state index in [1.807, 2.05) is 6.92 Å². The lowest BCUT2D eigenvalue weighted by molar-refractivity contribution is -0.129. The number of fused-ring (bicyclic) bond motifs is 1. The maximum atomic E-state index is 13.0. The van der Waals surface area contributed by atoms with Gasteiger partial charge in [0.1, 0.15) is 11.6 Å². The van der Waals surface area contributed by atoms with Crippen LogP contribution in [0.1, 0.15) is 112 Å². The van der Waals surface area contributed by atoms with E-state index in [-0.39, 0.29) is 41.5 Å². The van der Waals surface area contributed by atoms with Crippen LogP contribution in [0.15, 0.2) is 6.07 Å². The molecule has 0 N–H and O–H groups in total. The van der Waals surface area contributed by atoms with E-state index in [1.54, 1.807) is 0 Å². The Balaban J connectivity index is 0.00000151. The number of hydrogen-bond donors (Lipinski definition) is 0. The Bertz CT molecular complexity index is 775. The highest BCUT2D eigenvalue weighted by Gasteiger charge is 2.33. The third kappa shape index (κ3) is 7.40. The number of carbonyl (C=O) groups is 3. The first-order chi connectivity index (χ1) is 14.6. The maximum Gasteiger partial charge on any atom is 0.163 e. The normalized spacial score (nSPS) is 17.3. The van der Waals surface area contributed by atoms with Crippen LogP contribution >= 0.6 is 0 Å². The summed E-state index contributed by atoms with van der Waals surface area (Å²) in [7, 11) is 0. The number of carbonyl (C=O) groups excluding carboxylic acids is 3. The first-order valence-corrected chi connectivity index (χ1v) is 12.3. The van der Waals surface area contributed by atoms with E-state index in [2.05, 4.69) is 47.6 Å². The van der Waals surface area contributed by atoms with Gasteiger partial charge in [-0.1, -0.05) is 53.0 Å². The van der Waals surface area contributed by atoms with Gasteiger partial charge in [-0.15, -0.1) is 0 Å². The molecule has 2 rings (SSSR count). The average molecular weight is 429 g/mol. The van der Waals surface area contributed by atoms with Crippen LogP contribution in [-0.2, 0) is 16.0 Å². The molecule has 1 aliphatic carbocycles. The zero-order chi connectivity index (χ0) is 23.7. The molecule has 0 heterocycles. The summed E-state index contributed by atoms with van der Waals surface area (Å²) in [5.41, 5.74) is 5.68. The Kier molecular flexibility index (Phi) is 11.4. The molecule has 174 valence electrons. The Morgan fingerprint density at radius 2 is 1.65 bits per heavy atom. The Hall–Kier alpha value is -1.77. The van der Waals surface area contributed by atoms with Crippen molar-refractivity contribution in [3.8, 4) is 0 Å². The first-order valence-electron chi connectivity index (χ1n) is 12.3.